The Balaban J connectivity index is 1.14. The van der Waals surface area contributed by atoms with Crippen molar-refractivity contribution in [1.82, 2.24) is 19.8 Å². The van der Waals surface area contributed by atoms with Crippen LogP contribution in [0.15, 0.2) is 70.5 Å². The van der Waals surface area contributed by atoms with Gasteiger partial charge in [0, 0.05) is 48.3 Å². The number of anilines is 2. The van der Waals surface area contributed by atoms with E-state index in [-0.39, 0.29) is 24.2 Å². The topological polar surface area (TPSA) is 109 Å². The van der Waals surface area contributed by atoms with Crippen molar-refractivity contribution in [2.75, 3.05) is 51.0 Å². The van der Waals surface area contributed by atoms with Crippen LogP contribution in [0.3, 0.4) is 0 Å². The fourth-order valence-electron chi connectivity index (χ4n) is 10.8. The quantitative estimate of drug-likeness (QED) is 0.131. The van der Waals surface area contributed by atoms with Gasteiger partial charge >= 0.3 is 0 Å². The van der Waals surface area contributed by atoms with Gasteiger partial charge in [-0.25, -0.2) is 0 Å². The van der Waals surface area contributed by atoms with Gasteiger partial charge < -0.3 is 20.1 Å². The summed E-state index contributed by atoms with van der Waals surface area (Å²) in [6, 6.07) is 15.9. The van der Waals surface area contributed by atoms with Gasteiger partial charge in [0.1, 0.15) is 22.9 Å². The van der Waals surface area contributed by atoms with Crippen LogP contribution in [-0.4, -0.2) is 72.3 Å². The van der Waals surface area contributed by atoms with E-state index in [0.29, 0.717) is 35.0 Å². The molecule has 6 fully saturated rings. The molecule has 6 aliphatic heterocycles. The minimum atomic E-state index is -0.461. The molecule has 10 unspecified atom stereocenters. The molecule has 6 aliphatic rings. The zero-order chi connectivity index (χ0) is 37.1. The van der Waals surface area contributed by atoms with Crippen LogP contribution in [-0.2, 0) is 0 Å². The molecule has 6 saturated heterocycles. The van der Waals surface area contributed by atoms with E-state index in [4.69, 9.17) is 19.4 Å². The molecule has 10 heteroatoms. The molecule has 3 aromatic carbocycles. The molecular formula is C44H52N6O4. The molecule has 5 aromatic rings. The van der Waals surface area contributed by atoms with Crippen LogP contribution in [0.5, 0.6) is 11.5 Å². The van der Waals surface area contributed by atoms with Crippen molar-refractivity contribution < 1.29 is 9.47 Å². The van der Waals surface area contributed by atoms with Crippen LogP contribution in [0.1, 0.15) is 75.6 Å². The SMILES string of the molecule is CCC1CN2CCC1CC2C(Nc1c(NC(c2ccnc3ccc(OC)cc23)C2CC3CCN2CC3CC)c(=O)c1=O)c1ccnc2ccc(OC)cc12. The molecule has 4 bridgehead atoms. The van der Waals surface area contributed by atoms with Gasteiger partial charge in [0.2, 0.25) is 0 Å². The van der Waals surface area contributed by atoms with Gasteiger partial charge in [-0.3, -0.25) is 29.4 Å². The molecule has 11 rings (SSSR count). The van der Waals surface area contributed by atoms with E-state index in [0.717, 1.165) is 83.5 Å². The van der Waals surface area contributed by atoms with Gasteiger partial charge in [-0.05, 0) is 122 Å². The van der Waals surface area contributed by atoms with Crippen LogP contribution in [0.25, 0.3) is 21.8 Å². The summed E-state index contributed by atoms with van der Waals surface area (Å²) in [6.45, 7) is 8.77. The Morgan fingerprint density at radius 1 is 0.685 bits per heavy atom. The minimum absolute atomic E-state index is 0.152. The van der Waals surface area contributed by atoms with Crippen LogP contribution in [0.2, 0.25) is 0 Å². The molecule has 0 radical (unpaired) electrons. The first-order valence-electron chi connectivity index (χ1n) is 20.1. The molecule has 10 atom stereocenters. The van der Waals surface area contributed by atoms with Crippen molar-refractivity contribution in [3.63, 3.8) is 0 Å². The molecule has 8 heterocycles. The van der Waals surface area contributed by atoms with E-state index in [2.05, 4.69) is 46.4 Å². The van der Waals surface area contributed by atoms with Crippen molar-refractivity contribution in [3.8, 4) is 11.5 Å². The summed E-state index contributed by atoms with van der Waals surface area (Å²) in [5.74, 6) is 4.13. The van der Waals surface area contributed by atoms with E-state index >= 15 is 0 Å². The monoisotopic (exact) mass is 728 g/mol. The van der Waals surface area contributed by atoms with Gasteiger partial charge in [0.25, 0.3) is 10.9 Å². The Morgan fingerprint density at radius 2 is 1.13 bits per heavy atom. The molecule has 282 valence electrons. The first-order valence-corrected chi connectivity index (χ1v) is 20.1. The number of piperidine rings is 6. The Hall–Kier alpha value is -4.54. The molecule has 10 nitrogen and oxygen atoms in total. The van der Waals surface area contributed by atoms with Crippen LogP contribution in [0, 0.1) is 23.7 Å². The largest absolute Gasteiger partial charge is 0.497 e. The molecular weight excluding hydrogens is 677 g/mol. The highest BCUT2D eigenvalue weighted by Crippen LogP contribution is 2.47. The number of hydrogen-bond acceptors (Lipinski definition) is 10. The number of benzene rings is 2. The van der Waals surface area contributed by atoms with E-state index in [1.165, 1.54) is 25.7 Å². The van der Waals surface area contributed by atoms with E-state index in [1.807, 2.05) is 48.8 Å². The maximum absolute atomic E-state index is 13.9. The number of methoxy groups -OCH3 is 2. The summed E-state index contributed by atoms with van der Waals surface area (Å²) < 4.78 is 11.3. The van der Waals surface area contributed by atoms with Crippen molar-refractivity contribution in [2.24, 2.45) is 23.7 Å². The van der Waals surface area contributed by atoms with Crippen molar-refractivity contribution in [1.29, 1.82) is 0 Å². The average Bonchev–Trinajstić information content (AvgIpc) is 3.24. The maximum Gasteiger partial charge on any atom is 0.253 e. The number of nitrogens with one attached hydrogen (secondary N) is 2. The number of nitrogens with zero attached hydrogens (tertiary/aromatic N) is 4. The zero-order valence-electron chi connectivity index (χ0n) is 31.9. The molecule has 0 amide bonds. The number of fused-ring (bicyclic) bond motifs is 8. The number of ether oxygens (including phenoxy) is 2. The molecule has 0 saturated carbocycles. The lowest BCUT2D eigenvalue weighted by Crippen LogP contribution is -2.57. The third-order valence-corrected chi connectivity index (χ3v) is 13.8. The fraction of sp³-hybridized carbons (Fsp3) is 0.500. The predicted molar refractivity (Wildman–Crippen MR) is 214 cm³/mol. The van der Waals surface area contributed by atoms with Crippen molar-refractivity contribution in [2.45, 2.75) is 76.5 Å². The lowest BCUT2D eigenvalue weighted by molar-refractivity contribution is -0.00812. The van der Waals surface area contributed by atoms with E-state index < -0.39 is 10.9 Å². The third kappa shape index (κ3) is 5.93. The molecule has 2 aromatic heterocycles. The molecule has 54 heavy (non-hydrogen) atoms. The van der Waals surface area contributed by atoms with Crippen LogP contribution in [0.4, 0.5) is 11.4 Å². The third-order valence-electron chi connectivity index (χ3n) is 13.8. The van der Waals surface area contributed by atoms with Gasteiger partial charge in [-0.2, -0.15) is 0 Å². The Kier molecular flexibility index (Phi) is 9.30. The number of rotatable bonds is 12. The summed E-state index contributed by atoms with van der Waals surface area (Å²) >= 11 is 0. The van der Waals surface area contributed by atoms with E-state index in [1.54, 1.807) is 14.2 Å². The summed E-state index contributed by atoms with van der Waals surface area (Å²) in [7, 11) is 3.36. The second-order valence-corrected chi connectivity index (χ2v) is 16.2. The highest BCUT2D eigenvalue weighted by Gasteiger charge is 2.46. The number of aromatic nitrogens is 2. The number of hydrogen-bond donors (Lipinski definition) is 2. The fourth-order valence-corrected chi connectivity index (χ4v) is 10.8. The standard InChI is InChI=1S/C44H52N6O4/c1-5-25-23-49-17-13-27(25)19-37(49)39(31-11-15-45-35-9-7-29(53-3)21-33(31)35)47-41-42(44(52)43(41)51)48-40(38-20-28-14-18-50(38)24-26(28)6-2)32-12-16-46-36-10-8-30(54-4)22-34(32)36/h7-12,15-16,21-22,25-28,37-40,47-48H,5-6,13-14,17-20,23-24H2,1-4H3. The Labute approximate surface area is 317 Å². The summed E-state index contributed by atoms with van der Waals surface area (Å²) in [6.07, 6.45) is 10.5. The van der Waals surface area contributed by atoms with Crippen molar-refractivity contribution in [3.05, 3.63) is 92.5 Å². The minimum Gasteiger partial charge on any atom is -0.497 e. The predicted octanol–water partition coefficient (Wildman–Crippen LogP) is 6.94. The van der Waals surface area contributed by atoms with E-state index in [9.17, 15) is 9.59 Å². The highest BCUT2D eigenvalue weighted by molar-refractivity contribution is 5.86. The second kappa shape index (κ2) is 14.3. The van der Waals surface area contributed by atoms with Crippen molar-refractivity contribution >= 4 is 33.2 Å². The average molecular weight is 729 g/mol. The smallest absolute Gasteiger partial charge is 0.253 e. The van der Waals surface area contributed by atoms with Gasteiger partial charge in [0.05, 0.1) is 37.3 Å². The lowest BCUT2D eigenvalue weighted by Gasteiger charge is -2.53. The second-order valence-electron chi connectivity index (χ2n) is 16.2. The van der Waals surface area contributed by atoms with Crippen LogP contribution >= 0.6 is 0 Å². The maximum atomic E-state index is 13.9. The highest BCUT2D eigenvalue weighted by atomic mass is 16.5. The summed E-state index contributed by atoms with van der Waals surface area (Å²) in [4.78, 5) is 42.3. The molecule has 0 spiro atoms. The Morgan fingerprint density at radius 3 is 1.50 bits per heavy atom. The summed E-state index contributed by atoms with van der Waals surface area (Å²) in [5.41, 5.74) is 3.72. The first-order chi connectivity index (χ1) is 26.4. The van der Waals surface area contributed by atoms with Gasteiger partial charge in [-0.15, -0.1) is 0 Å². The van der Waals surface area contributed by atoms with Gasteiger partial charge in [-0.1, -0.05) is 26.7 Å². The zero-order valence-corrected chi connectivity index (χ0v) is 31.9. The lowest BCUT2D eigenvalue weighted by atomic mass is 9.72. The Bertz CT molecular complexity index is 2090. The molecule has 0 aliphatic carbocycles. The molecule has 2 N–H and O–H groups in total. The van der Waals surface area contributed by atoms with Gasteiger partial charge in [0.15, 0.2) is 0 Å². The summed E-state index contributed by atoms with van der Waals surface area (Å²) in [5, 5.41) is 9.53. The normalized spacial score (nSPS) is 28.7. The number of pyridine rings is 2. The first kappa shape index (κ1) is 35.2. The van der Waals surface area contributed by atoms with Crippen LogP contribution < -0.4 is 31.0 Å².